The molecule has 0 saturated carbocycles. The lowest BCUT2D eigenvalue weighted by Crippen LogP contribution is -2.06. The third-order valence-electron chi connectivity index (χ3n) is 2.32. The van der Waals surface area contributed by atoms with Gasteiger partial charge in [-0.3, -0.25) is 0 Å². The number of aryl methyl sites for hydroxylation is 1. The van der Waals surface area contributed by atoms with E-state index in [9.17, 15) is 0 Å². The maximum atomic E-state index is 4.37. The molecule has 0 aliphatic rings. The van der Waals surface area contributed by atoms with Crippen LogP contribution in [0.4, 0.5) is 11.6 Å². The molecule has 0 bridgehead atoms. The van der Waals surface area contributed by atoms with Gasteiger partial charge in [0.1, 0.15) is 17.5 Å². The molecule has 2 heterocycles. The van der Waals surface area contributed by atoms with Gasteiger partial charge in [-0.25, -0.2) is 9.97 Å². The molecule has 0 atom stereocenters. The maximum Gasteiger partial charge on any atom is 0.132 e. The van der Waals surface area contributed by atoms with Gasteiger partial charge in [-0.2, -0.15) is 0 Å². The largest absolute Gasteiger partial charge is 0.370 e. The Hall–Kier alpha value is -1.14. The highest BCUT2D eigenvalue weighted by Crippen LogP contribution is 2.23. The Morgan fingerprint density at radius 3 is 2.61 bits per heavy atom. The van der Waals surface area contributed by atoms with Crippen molar-refractivity contribution in [3.8, 4) is 0 Å². The topological polar surface area (TPSA) is 49.8 Å². The second kappa shape index (κ2) is 6.15. The Balaban J connectivity index is 2.07. The molecule has 0 aliphatic carbocycles. The average Bonchev–Trinajstić information content (AvgIpc) is 2.72. The van der Waals surface area contributed by atoms with E-state index in [1.807, 2.05) is 19.9 Å². The second-order valence-electron chi connectivity index (χ2n) is 3.76. The monoisotopic (exact) mass is 326 g/mol. The molecule has 0 aliphatic heterocycles. The fourth-order valence-corrected chi connectivity index (χ4v) is 2.98. The van der Waals surface area contributed by atoms with E-state index in [-0.39, 0.29) is 0 Å². The van der Waals surface area contributed by atoms with Gasteiger partial charge in [0, 0.05) is 22.0 Å². The summed E-state index contributed by atoms with van der Waals surface area (Å²) in [6, 6.07) is 3.98. The first-order chi connectivity index (χ1) is 8.69. The van der Waals surface area contributed by atoms with E-state index in [0.717, 1.165) is 35.0 Å². The molecule has 2 rings (SSSR count). The van der Waals surface area contributed by atoms with Crippen molar-refractivity contribution >= 4 is 38.9 Å². The van der Waals surface area contributed by atoms with Gasteiger partial charge in [0.25, 0.3) is 0 Å². The fourth-order valence-electron chi connectivity index (χ4n) is 1.55. The summed E-state index contributed by atoms with van der Waals surface area (Å²) in [5.74, 6) is 2.47. The molecule has 96 valence electrons. The van der Waals surface area contributed by atoms with Crippen LogP contribution in [0.25, 0.3) is 0 Å². The van der Waals surface area contributed by atoms with E-state index in [1.54, 1.807) is 11.3 Å². The number of rotatable bonds is 5. The van der Waals surface area contributed by atoms with Crippen LogP contribution >= 0.6 is 27.3 Å². The minimum absolute atomic E-state index is 0.764. The summed E-state index contributed by atoms with van der Waals surface area (Å²) >= 11 is 5.24. The van der Waals surface area contributed by atoms with Gasteiger partial charge >= 0.3 is 0 Å². The van der Waals surface area contributed by atoms with Crippen molar-refractivity contribution in [2.75, 3.05) is 17.2 Å². The first-order valence-corrected chi connectivity index (χ1v) is 7.41. The van der Waals surface area contributed by atoms with Crippen molar-refractivity contribution in [1.82, 2.24) is 9.97 Å². The van der Waals surface area contributed by atoms with Crippen LogP contribution < -0.4 is 10.6 Å². The molecule has 2 N–H and O–H groups in total. The van der Waals surface area contributed by atoms with Gasteiger partial charge in [-0.1, -0.05) is 0 Å². The van der Waals surface area contributed by atoms with Crippen LogP contribution in [0.1, 0.15) is 17.6 Å². The van der Waals surface area contributed by atoms with Crippen LogP contribution in [-0.2, 0) is 6.54 Å². The lowest BCUT2D eigenvalue weighted by Gasteiger charge is -2.08. The first kappa shape index (κ1) is 13.3. The third-order valence-corrected chi connectivity index (χ3v) is 4.24. The molecule has 0 saturated heterocycles. The summed E-state index contributed by atoms with van der Waals surface area (Å²) in [6.07, 6.45) is 0. The predicted molar refractivity (Wildman–Crippen MR) is 80.3 cm³/mol. The number of anilines is 2. The van der Waals surface area contributed by atoms with Crippen LogP contribution in [0.2, 0.25) is 0 Å². The standard InChI is InChI=1S/C12H15BrN4S/c1-3-14-11-6-12(17-8(2)16-11)15-7-10-9(13)4-5-18-10/h4-6H,3,7H2,1-2H3,(H2,14,15,16,17). The molecule has 6 heteroatoms. The van der Waals surface area contributed by atoms with Crippen LogP contribution in [0, 0.1) is 6.92 Å². The second-order valence-corrected chi connectivity index (χ2v) is 5.62. The molecule has 0 fully saturated rings. The number of hydrogen-bond acceptors (Lipinski definition) is 5. The zero-order chi connectivity index (χ0) is 13.0. The molecule has 18 heavy (non-hydrogen) atoms. The highest BCUT2D eigenvalue weighted by atomic mass is 79.9. The molecule has 2 aromatic heterocycles. The molecule has 0 aromatic carbocycles. The lowest BCUT2D eigenvalue weighted by atomic mass is 10.4. The number of thiophene rings is 1. The quantitative estimate of drug-likeness (QED) is 0.880. The van der Waals surface area contributed by atoms with Gasteiger partial charge in [0.2, 0.25) is 0 Å². The highest BCUT2D eigenvalue weighted by Gasteiger charge is 2.04. The molecule has 0 unspecified atom stereocenters. The summed E-state index contributed by atoms with van der Waals surface area (Å²) in [5, 5.41) is 8.58. The molecular formula is C12H15BrN4S. The molecule has 0 spiro atoms. The van der Waals surface area contributed by atoms with E-state index in [4.69, 9.17) is 0 Å². The van der Waals surface area contributed by atoms with E-state index in [2.05, 4.69) is 48.0 Å². The van der Waals surface area contributed by atoms with E-state index in [0.29, 0.717) is 0 Å². The SMILES string of the molecule is CCNc1cc(NCc2sccc2Br)nc(C)n1. The zero-order valence-electron chi connectivity index (χ0n) is 10.3. The van der Waals surface area contributed by atoms with Crippen LogP contribution in [-0.4, -0.2) is 16.5 Å². The van der Waals surface area contributed by atoms with Crippen molar-refractivity contribution in [2.24, 2.45) is 0 Å². The van der Waals surface area contributed by atoms with E-state index < -0.39 is 0 Å². The Morgan fingerprint density at radius 1 is 1.28 bits per heavy atom. The summed E-state index contributed by atoms with van der Waals surface area (Å²) in [6.45, 7) is 5.56. The maximum absolute atomic E-state index is 4.37. The van der Waals surface area contributed by atoms with Crippen LogP contribution in [0.3, 0.4) is 0 Å². The Morgan fingerprint density at radius 2 is 2.00 bits per heavy atom. The van der Waals surface area contributed by atoms with Gasteiger partial charge in [-0.15, -0.1) is 11.3 Å². The normalized spacial score (nSPS) is 10.4. The summed E-state index contributed by atoms with van der Waals surface area (Å²) < 4.78 is 1.14. The van der Waals surface area contributed by atoms with Crippen molar-refractivity contribution in [1.29, 1.82) is 0 Å². The Bertz CT molecular complexity index is 527. The summed E-state index contributed by atoms with van der Waals surface area (Å²) in [4.78, 5) is 9.95. The Labute approximate surface area is 119 Å². The van der Waals surface area contributed by atoms with Gasteiger partial charge < -0.3 is 10.6 Å². The van der Waals surface area contributed by atoms with E-state index >= 15 is 0 Å². The third kappa shape index (κ3) is 3.43. The van der Waals surface area contributed by atoms with Crippen LogP contribution in [0.15, 0.2) is 22.0 Å². The first-order valence-electron chi connectivity index (χ1n) is 5.74. The highest BCUT2D eigenvalue weighted by molar-refractivity contribution is 9.10. The lowest BCUT2D eigenvalue weighted by molar-refractivity contribution is 1.02. The molecule has 4 nitrogen and oxygen atoms in total. The smallest absolute Gasteiger partial charge is 0.132 e. The van der Waals surface area contributed by atoms with Crippen molar-refractivity contribution < 1.29 is 0 Å². The van der Waals surface area contributed by atoms with Crippen LogP contribution in [0.5, 0.6) is 0 Å². The van der Waals surface area contributed by atoms with Gasteiger partial charge in [0.15, 0.2) is 0 Å². The Kier molecular flexibility index (Phi) is 4.54. The molecule has 2 aromatic rings. The number of nitrogens with zero attached hydrogens (tertiary/aromatic N) is 2. The number of nitrogens with one attached hydrogen (secondary N) is 2. The summed E-state index contributed by atoms with van der Waals surface area (Å²) in [7, 11) is 0. The minimum atomic E-state index is 0.764. The number of halogens is 1. The van der Waals surface area contributed by atoms with Gasteiger partial charge in [0.05, 0.1) is 6.54 Å². The van der Waals surface area contributed by atoms with Crippen molar-refractivity contribution in [3.05, 3.63) is 32.7 Å². The molecule has 0 amide bonds. The minimum Gasteiger partial charge on any atom is -0.370 e. The van der Waals surface area contributed by atoms with Crippen molar-refractivity contribution in [2.45, 2.75) is 20.4 Å². The number of aromatic nitrogens is 2. The van der Waals surface area contributed by atoms with Crippen molar-refractivity contribution in [3.63, 3.8) is 0 Å². The molecule has 0 radical (unpaired) electrons. The summed E-state index contributed by atoms with van der Waals surface area (Å²) in [5.41, 5.74) is 0. The zero-order valence-corrected chi connectivity index (χ0v) is 12.7. The molecular weight excluding hydrogens is 312 g/mol. The fraction of sp³-hybridized carbons (Fsp3) is 0.333. The predicted octanol–water partition coefficient (Wildman–Crippen LogP) is 3.65. The van der Waals surface area contributed by atoms with E-state index in [1.165, 1.54) is 4.88 Å². The number of hydrogen-bond donors (Lipinski definition) is 2. The van der Waals surface area contributed by atoms with Gasteiger partial charge in [-0.05, 0) is 41.2 Å². The average molecular weight is 327 g/mol.